The highest BCUT2D eigenvalue weighted by Crippen LogP contribution is 2.19. The monoisotopic (exact) mass is 271 g/mol. The molecule has 20 heavy (non-hydrogen) atoms. The summed E-state index contributed by atoms with van der Waals surface area (Å²) in [5.74, 6) is 1.15. The molecule has 1 aromatic heterocycles. The van der Waals surface area contributed by atoms with E-state index >= 15 is 0 Å². The number of hydrogen-bond donors (Lipinski definition) is 1. The van der Waals surface area contributed by atoms with Gasteiger partial charge in [0.15, 0.2) is 0 Å². The van der Waals surface area contributed by atoms with E-state index in [0.717, 1.165) is 31.8 Å². The van der Waals surface area contributed by atoms with Gasteiger partial charge in [-0.15, -0.1) is 0 Å². The zero-order valence-corrected chi connectivity index (χ0v) is 12.8. The van der Waals surface area contributed by atoms with Crippen molar-refractivity contribution in [2.75, 3.05) is 6.54 Å². The molecule has 0 fully saturated rings. The molecule has 108 valence electrons. The molecule has 0 aliphatic heterocycles. The molecule has 3 nitrogen and oxygen atoms in total. The second-order valence-electron chi connectivity index (χ2n) is 5.22. The van der Waals surface area contributed by atoms with Gasteiger partial charge >= 0.3 is 0 Å². The Labute approximate surface area is 122 Å². The molecule has 0 radical (unpaired) electrons. The van der Waals surface area contributed by atoms with Gasteiger partial charge in [-0.2, -0.15) is 0 Å². The molecular weight excluding hydrogens is 246 g/mol. The van der Waals surface area contributed by atoms with E-state index in [9.17, 15) is 0 Å². The van der Waals surface area contributed by atoms with Crippen molar-refractivity contribution in [2.24, 2.45) is 0 Å². The first-order valence-corrected chi connectivity index (χ1v) is 7.55. The second-order valence-corrected chi connectivity index (χ2v) is 5.22. The van der Waals surface area contributed by atoms with E-state index in [-0.39, 0.29) is 6.04 Å². The minimum atomic E-state index is 0.280. The summed E-state index contributed by atoms with van der Waals surface area (Å²) in [4.78, 5) is 4.58. The average Bonchev–Trinajstić information content (AvgIpc) is 2.89. The van der Waals surface area contributed by atoms with E-state index in [2.05, 4.69) is 66.1 Å². The lowest BCUT2D eigenvalue weighted by molar-refractivity contribution is 0.487. The van der Waals surface area contributed by atoms with E-state index in [4.69, 9.17) is 0 Å². The maximum Gasteiger partial charge on any atom is 0.126 e. The second kappa shape index (κ2) is 7.25. The van der Waals surface area contributed by atoms with Crippen molar-refractivity contribution in [3.05, 3.63) is 53.6 Å². The summed E-state index contributed by atoms with van der Waals surface area (Å²) in [5.41, 5.74) is 2.74. The third kappa shape index (κ3) is 3.48. The zero-order valence-electron chi connectivity index (χ0n) is 12.8. The van der Waals surface area contributed by atoms with Gasteiger partial charge in [0.2, 0.25) is 0 Å². The Morgan fingerprint density at radius 1 is 1.25 bits per heavy atom. The first-order valence-electron chi connectivity index (χ1n) is 7.55. The van der Waals surface area contributed by atoms with Crippen molar-refractivity contribution < 1.29 is 0 Å². The summed E-state index contributed by atoms with van der Waals surface area (Å²) in [6, 6.07) is 8.88. The largest absolute Gasteiger partial charge is 0.334 e. The van der Waals surface area contributed by atoms with Crippen LogP contribution in [0, 0.1) is 6.92 Å². The molecule has 1 heterocycles. The fraction of sp³-hybridized carbons (Fsp3) is 0.471. The summed E-state index contributed by atoms with van der Waals surface area (Å²) >= 11 is 0. The number of aryl methyl sites for hydroxylation is 2. The molecule has 3 heteroatoms. The highest BCUT2D eigenvalue weighted by molar-refractivity contribution is 5.27. The number of hydrogen-bond acceptors (Lipinski definition) is 2. The van der Waals surface area contributed by atoms with E-state index in [0.29, 0.717) is 0 Å². The number of nitrogens with one attached hydrogen (secondary N) is 1. The Hall–Kier alpha value is -1.61. The number of likely N-dealkylation sites (N-methyl/N-ethyl adjacent to an activating group) is 1. The van der Waals surface area contributed by atoms with Crippen LogP contribution in [0.3, 0.4) is 0 Å². The van der Waals surface area contributed by atoms with E-state index in [1.807, 2.05) is 6.20 Å². The van der Waals surface area contributed by atoms with Crippen molar-refractivity contribution in [1.82, 2.24) is 14.9 Å². The van der Waals surface area contributed by atoms with Gasteiger partial charge in [-0.3, -0.25) is 0 Å². The molecule has 0 bridgehead atoms. The molecule has 2 aromatic rings. The molecule has 1 unspecified atom stereocenters. The SMILES string of the molecule is CCCn1ccnc1C(Cc1ccccc1C)NCC. The molecule has 0 aliphatic carbocycles. The molecule has 0 saturated carbocycles. The lowest BCUT2D eigenvalue weighted by Crippen LogP contribution is -2.26. The molecule has 0 spiro atoms. The maximum absolute atomic E-state index is 4.58. The summed E-state index contributed by atoms with van der Waals surface area (Å²) in [5, 5.41) is 3.58. The smallest absolute Gasteiger partial charge is 0.126 e. The Bertz CT molecular complexity index is 531. The third-order valence-corrected chi connectivity index (χ3v) is 3.66. The van der Waals surface area contributed by atoms with Crippen LogP contribution in [0.25, 0.3) is 0 Å². The molecule has 2 rings (SSSR count). The first kappa shape index (κ1) is 14.8. The molecule has 1 atom stereocenters. The van der Waals surface area contributed by atoms with Crippen LogP contribution in [-0.4, -0.2) is 16.1 Å². The van der Waals surface area contributed by atoms with E-state index in [1.54, 1.807) is 0 Å². The lowest BCUT2D eigenvalue weighted by Gasteiger charge is -2.20. The summed E-state index contributed by atoms with van der Waals surface area (Å²) in [6.45, 7) is 8.52. The fourth-order valence-electron chi connectivity index (χ4n) is 2.62. The van der Waals surface area contributed by atoms with Crippen molar-refractivity contribution in [3.63, 3.8) is 0 Å². The number of aromatic nitrogens is 2. The Balaban J connectivity index is 2.22. The summed E-state index contributed by atoms with van der Waals surface area (Å²) in [7, 11) is 0. The first-order chi connectivity index (χ1) is 9.76. The molecule has 0 aliphatic rings. The van der Waals surface area contributed by atoms with Crippen LogP contribution in [0.5, 0.6) is 0 Å². The minimum Gasteiger partial charge on any atom is -0.334 e. The number of imidazole rings is 1. The number of benzene rings is 1. The normalized spacial score (nSPS) is 12.6. The lowest BCUT2D eigenvalue weighted by atomic mass is 10.0. The molecule has 0 saturated heterocycles. The van der Waals surface area contributed by atoms with Crippen molar-refractivity contribution in [3.8, 4) is 0 Å². The van der Waals surface area contributed by atoms with Gasteiger partial charge in [-0.1, -0.05) is 38.1 Å². The number of rotatable bonds is 7. The zero-order chi connectivity index (χ0) is 14.4. The summed E-state index contributed by atoms with van der Waals surface area (Å²) in [6.07, 6.45) is 6.11. The van der Waals surface area contributed by atoms with Crippen LogP contribution < -0.4 is 5.32 Å². The average molecular weight is 271 g/mol. The van der Waals surface area contributed by atoms with Gasteiger partial charge in [0.25, 0.3) is 0 Å². The van der Waals surface area contributed by atoms with Gasteiger partial charge in [0.1, 0.15) is 5.82 Å². The molecule has 0 amide bonds. The van der Waals surface area contributed by atoms with Crippen LogP contribution in [0.15, 0.2) is 36.7 Å². The van der Waals surface area contributed by atoms with Crippen molar-refractivity contribution in [1.29, 1.82) is 0 Å². The van der Waals surface area contributed by atoms with Gasteiger partial charge in [-0.05, 0) is 37.4 Å². The van der Waals surface area contributed by atoms with Crippen LogP contribution >= 0.6 is 0 Å². The fourth-order valence-corrected chi connectivity index (χ4v) is 2.62. The minimum absolute atomic E-state index is 0.280. The van der Waals surface area contributed by atoms with Gasteiger partial charge in [0, 0.05) is 18.9 Å². The quantitative estimate of drug-likeness (QED) is 0.835. The molecule has 1 N–H and O–H groups in total. The van der Waals surface area contributed by atoms with Crippen LogP contribution in [0.1, 0.15) is 43.3 Å². The maximum atomic E-state index is 4.58. The van der Waals surface area contributed by atoms with Gasteiger partial charge in [0.05, 0.1) is 6.04 Å². The molecular formula is C17H25N3. The van der Waals surface area contributed by atoms with E-state index < -0.39 is 0 Å². The third-order valence-electron chi connectivity index (χ3n) is 3.66. The van der Waals surface area contributed by atoms with Crippen LogP contribution in [0.4, 0.5) is 0 Å². The standard InChI is InChI=1S/C17H25N3/c1-4-11-20-12-10-19-17(20)16(18-5-2)13-15-9-7-6-8-14(15)3/h6-10,12,16,18H,4-5,11,13H2,1-3H3. The Morgan fingerprint density at radius 3 is 2.75 bits per heavy atom. The molecule has 1 aromatic carbocycles. The highest BCUT2D eigenvalue weighted by atomic mass is 15.1. The van der Waals surface area contributed by atoms with Crippen LogP contribution in [0.2, 0.25) is 0 Å². The van der Waals surface area contributed by atoms with Crippen LogP contribution in [-0.2, 0) is 13.0 Å². The Morgan fingerprint density at radius 2 is 2.05 bits per heavy atom. The predicted octanol–water partition coefficient (Wildman–Crippen LogP) is 3.49. The predicted molar refractivity (Wildman–Crippen MR) is 83.8 cm³/mol. The van der Waals surface area contributed by atoms with Crippen molar-refractivity contribution >= 4 is 0 Å². The highest BCUT2D eigenvalue weighted by Gasteiger charge is 2.17. The number of nitrogens with zero attached hydrogens (tertiary/aromatic N) is 2. The topological polar surface area (TPSA) is 29.9 Å². The summed E-state index contributed by atoms with van der Waals surface area (Å²) < 4.78 is 2.27. The Kier molecular flexibility index (Phi) is 5.36. The van der Waals surface area contributed by atoms with Gasteiger partial charge < -0.3 is 9.88 Å². The van der Waals surface area contributed by atoms with Crippen molar-refractivity contribution in [2.45, 2.75) is 46.2 Å². The van der Waals surface area contributed by atoms with Gasteiger partial charge in [-0.25, -0.2) is 4.98 Å². The van der Waals surface area contributed by atoms with E-state index in [1.165, 1.54) is 11.1 Å².